The third-order valence-electron chi connectivity index (χ3n) is 9.93. The molecule has 2 amide bonds. The normalized spacial score (nSPS) is 19.4. The van der Waals surface area contributed by atoms with Crippen molar-refractivity contribution in [1.82, 2.24) is 15.5 Å². The van der Waals surface area contributed by atoms with Crippen LogP contribution in [0.15, 0.2) is 101 Å². The molecule has 48 heavy (non-hydrogen) atoms. The van der Waals surface area contributed by atoms with E-state index in [1.54, 1.807) is 12.1 Å². The van der Waals surface area contributed by atoms with Gasteiger partial charge in [-0.1, -0.05) is 86.6 Å². The van der Waals surface area contributed by atoms with Crippen molar-refractivity contribution in [2.75, 3.05) is 32.7 Å². The summed E-state index contributed by atoms with van der Waals surface area (Å²) in [6.07, 6.45) is 3.91. The number of hydrogen-bond acceptors (Lipinski definition) is 6. The van der Waals surface area contributed by atoms with Crippen LogP contribution < -0.4 is 10.6 Å². The Kier molecular flexibility index (Phi) is 11.5. The van der Waals surface area contributed by atoms with Gasteiger partial charge in [-0.3, -0.25) is 24.7 Å². The first kappa shape index (κ1) is 34.7. The number of nitrogens with one attached hydrogen (secondary N) is 2. The van der Waals surface area contributed by atoms with Crippen LogP contribution in [0.2, 0.25) is 0 Å². The highest BCUT2D eigenvalue weighted by Crippen LogP contribution is 2.43. The second-order valence-corrected chi connectivity index (χ2v) is 12.6. The molecule has 0 radical (unpaired) electrons. The Morgan fingerprint density at radius 1 is 0.875 bits per heavy atom. The van der Waals surface area contributed by atoms with Crippen molar-refractivity contribution >= 4 is 23.2 Å². The Hall–Kier alpha value is -4.63. The zero-order valence-electron chi connectivity index (χ0n) is 28.3. The molecule has 2 N–H and O–H groups in total. The average Bonchev–Trinajstić information content (AvgIpc) is 3.13. The molecule has 2 aliphatic heterocycles. The number of hydrogen-bond donors (Lipinski definition) is 2. The highest BCUT2D eigenvalue weighted by molar-refractivity contribution is 6.10. The van der Waals surface area contributed by atoms with Gasteiger partial charge in [-0.15, -0.1) is 0 Å². The molecule has 1 fully saturated rings. The summed E-state index contributed by atoms with van der Waals surface area (Å²) in [5.41, 5.74) is 5.18. The lowest BCUT2D eigenvalue weighted by Gasteiger charge is -2.43. The Labute approximate surface area is 283 Å². The predicted molar refractivity (Wildman–Crippen MR) is 190 cm³/mol. The minimum Gasteiger partial charge on any atom is -0.356 e. The van der Waals surface area contributed by atoms with Crippen LogP contribution in [0.1, 0.15) is 75.5 Å². The molecule has 0 bridgehead atoms. The maximum atomic E-state index is 14.0. The number of rotatable bonds is 13. The number of aliphatic imine (C=N–C) groups is 1. The third kappa shape index (κ3) is 7.41. The number of piperidine rings is 1. The fraction of sp³-hybridized carbons (Fsp3) is 0.410. The molecule has 3 aromatic carbocycles. The smallest absolute Gasteiger partial charge is 0.269 e. The van der Waals surface area contributed by atoms with Gasteiger partial charge in [0.25, 0.3) is 5.69 Å². The monoisotopic (exact) mass is 649 g/mol. The number of non-ortho nitro benzene ring substituents is 1. The van der Waals surface area contributed by atoms with E-state index in [2.05, 4.69) is 76.2 Å². The summed E-state index contributed by atoms with van der Waals surface area (Å²) in [5.74, 6) is -1.73. The first-order chi connectivity index (χ1) is 23.3. The van der Waals surface area contributed by atoms with Gasteiger partial charge in [0.1, 0.15) is 0 Å². The van der Waals surface area contributed by atoms with Crippen LogP contribution in [0.3, 0.4) is 0 Å². The van der Waals surface area contributed by atoms with Gasteiger partial charge < -0.3 is 15.5 Å². The van der Waals surface area contributed by atoms with Gasteiger partial charge >= 0.3 is 0 Å². The lowest BCUT2D eigenvalue weighted by Crippen LogP contribution is -2.45. The molecule has 2 aliphatic rings. The summed E-state index contributed by atoms with van der Waals surface area (Å²) >= 11 is 0. The number of nitro groups is 1. The number of amides is 2. The van der Waals surface area contributed by atoms with E-state index in [0.29, 0.717) is 48.5 Å². The van der Waals surface area contributed by atoms with Crippen molar-refractivity contribution in [2.45, 2.75) is 64.2 Å². The van der Waals surface area contributed by atoms with Crippen LogP contribution >= 0.6 is 0 Å². The van der Waals surface area contributed by atoms with Crippen LogP contribution in [0, 0.1) is 16.0 Å². The fourth-order valence-corrected chi connectivity index (χ4v) is 7.45. The summed E-state index contributed by atoms with van der Waals surface area (Å²) < 4.78 is 0. The summed E-state index contributed by atoms with van der Waals surface area (Å²) in [4.78, 5) is 45.8. The molecule has 5 rings (SSSR count). The van der Waals surface area contributed by atoms with Crippen molar-refractivity contribution in [3.05, 3.63) is 123 Å². The zero-order valence-corrected chi connectivity index (χ0v) is 28.3. The lowest BCUT2D eigenvalue weighted by molar-refractivity contribution is -0.384. The van der Waals surface area contributed by atoms with E-state index in [9.17, 15) is 19.7 Å². The predicted octanol–water partition coefficient (Wildman–Crippen LogP) is 6.55. The van der Waals surface area contributed by atoms with Crippen molar-refractivity contribution in [2.24, 2.45) is 10.9 Å². The minimum absolute atomic E-state index is 0.0113. The molecular weight excluding hydrogens is 602 g/mol. The second kappa shape index (κ2) is 16.0. The van der Waals surface area contributed by atoms with Gasteiger partial charge in [-0.2, -0.15) is 0 Å². The molecule has 2 atom stereocenters. The van der Waals surface area contributed by atoms with Gasteiger partial charge in [0.05, 0.1) is 10.8 Å². The largest absolute Gasteiger partial charge is 0.356 e. The molecule has 252 valence electrons. The molecule has 9 heteroatoms. The first-order valence-electron chi connectivity index (χ1n) is 17.3. The summed E-state index contributed by atoms with van der Waals surface area (Å²) in [6, 6.07) is 27.8. The van der Waals surface area contributed by atoms with E-state index in [0.717, 1.165) is 38.9 Å². The molecule has 0 spiro atoms. The van der Waals surface area contributed by atoms with Crippen LogP contribution in [0.5, 0.6) is 0 Å². The number of nitro benzene ring substituents is 1. The van der Waals surface area contributed by atoms with Gasteiger partial charge in [-0.25, -0.2) is 0 Å². The van der Waals surface area contributed by atoms with E-state index < -0.39 is 16.8 Å². The molecule has 2 heterocycles. The molecule has 0 saturated carbocycles. The number of benzene rings is 3. The van der Waals surface area contributed by atoms with Crippen molar-refractivity contribution in [3.8, 4) is 0 Å². The quantitative estimate of drug-likeness (QED) is 0.124. The molecule has 1 saturated heterocycles. The maximum Gasteiger partial charge on any atom is 0.269 e. The molecule has 9 nitrogen and oxygen atoms in total. The molecule has 3 aromatic rings. The van der Waals surface area contributed by atoms with Crippen LogP contribution in [0.4, 0.5) is 5.69 Å². The van der Waals surface area contributed by atoms with Gasteiger partial charge in [0, 0.05) is 53.5 Å². The summed E-state index contributed by atoms with van der Waals surface area (Å²) in [6.45, 7) is 9.51. The van der Waals surface area contributed by atoms with Crippen molar-refractivity contribution < 1.29 is 14.5 Å². The van der Waals surface area contributed by atoms with Gasteiger partial charge in [0.2, 0.25) is 11.8 Å². The molecule has 2 unspecified atom stereocenters. The third-order valence-corrected chi connectivity index (χ3v) is 9.93. The highest BCUT2D eigenvalue weighted by atomic mass is 16.6. The number of likely N-dealkylation sites (tertiary alicyclic amines) is 1. The minimum atomic E-state index is -0.685. The van der Waals surface area contributed by atoms with Crippen molar-refractivity contribution in [1.29, 1.82) is 0 Å². The van der Waals surface area contributed by atoms with Crippen LogP contribution in [-0.2, 0) is 15.0 Å². The molecular formula is C39H47N5O4. The number of nitrogens with zero attached hydrogens (tertiary/aromatic N) is 3. The Balaban J connectivity index is 1.29. The van der Waals surface area contributed by atoms with Crippen LogP contribution in [-0.4, -0.2) is 60.1 Å². The number of carbonyl (C=O) groups is 2. The molecule has 0 aromatic heterocycles. The summed E-state index contributed by atoms with van der Waals surface area (Å²) in [5, 5.41) is 17.5. The zero-order chi connectivity index (χ0) is 34.1. The second-order valence-electron chi connectivity index (χ2n) is 12.6. The van der Waals surface area contributed by atoms with E-state index in [-0.39, 0.29) is 22.9 Å². The summed E-state index contributed by atoms with van der Waals surface area (Å²) in [7, 11) is 0. The number of carbonyl (C=O) groups excluding carboxylic acids is 2. The van der Waals surface area contributed by atoms with E-state index in [1.165, 1.54) is 23.3 Å². The Morgan fingerprint density at radius 3 is 2.00 bits per heavy atom. The van der Waals surface area contributed by atoms with E-state index >= 15 is 0 Å². The molecule has 0 aliphatic carbocycles. The number of allylic oxidation sites excluding steroid dienone is 1. The highest BCUT2D eigenvalue weighted by Gasteiger charge is 2.42. The van der Waals surface area contributed by atoms with E-state index in [4.69, 9.17) is 4.99 Å². The fourth-order valence-electron chi connectivity index (χ4n) is 7.45. The maximum absolute atomic E-state index is 14.0. The standard InChI is InChI=1S/C39H47N5O4/c1-4-32-35(37(45)40-6-3)34(28-18-20-31(21-19-28)44(47)48)36(33(5-2)42-32)38(46)41-24-13-25-43-26-22-39(23-27-43,29-14-9-7-10-15-29)30-16-11-8-12-17-30/h7-12,14-21,34-35H,4-6,13,22-27H2,1-3H3,(H,40,45)(H,41,46). The lowest BCUT2D eigenvalue weighted by atomic mass is 9.68. The van der Waals surface area contributed by atoms with Crippen molar-refractivity contribution in [3.63, 3.8) is 0 Å². The van der Waals surface area contributed by atoms with Crippen LogP contribution in [0.25, 0.3) is 0 Å². The first-order valence-corrected chi connectivity index (χ1v) is 17.3. The Bertz CT molecular complexity index is 1590. The van der Waals surface area contributed by atoms with Gasteiger partial charge in [0.15, 0.2) is 0 Å². The average molecular weight is 650 g/mol. The van der Waals surface area contributed by atoms with Gasteiger partial charge in [-0.05, 0) is 75.4 Å². The SMILES string of the molecule is CCNC(=O)C1C(CC)=NC(CC)=C(C(=O)NCCCN2CCC(c3ccccc3)(c3ccccc3)CC2)C1c1ccc([N+](=O)[O-])cc1. The topological polar surface area (TPSA) is 117 Å². The van der Waals surface area contributed by atoms with E-state index in [1.807, 2.05) is 20.8 Å². The Morgan fingerprint density at radius 2 is 1.48 bits per heavy atom.